The molecule has 9 unspecified atom stereocenters. The third-order valence-electron chi connectivity index (χ3n) is 13.2. The van der Waals surface area contributed by atoms with Crippen LogP contribution in [0.3, 0.4) is 0 Å². The van der Waals surface area contributed by atoms with Gasteiger partial charge in [0.15, 0.2) is 6.10 Å². The summed E-state index contributed by atoms with van der Waals surface area (Å²) in [5.41, 5.74) is 5.60. The summed E-state index contributed by atoms with van der Waals surface area (Å²) in [6.45, 7) is 9.88. The highest BCUT2D eigenvalue weighted by Crippen LogP contribution is 2.33. The van der Waals surface area contributed by atoms with Gasteiger partial charge in [0.1, 0.15) is 6.10 Å². The van der Waals surface area contributed by atoms with Crippen LogP contribution < -0.4 is 37.6 Å². The van der Waals surface area contributed by atoms with Gasteiger partial charge in [-0.25, -0.2) is 9.59 Å². The number of unbranched alkanes of at least 4 members (excludes halogenated alkanes) is 1. The van der Waals surface area contributed by atoms with E-state index in [2.05, 4.69) is 31.9 Å². The van der Waals surface area contributed by atoms with Crippen molar-refractivity contribution >= 4 is 53.2 Å². The Labute approximate surface area is 467 Å². The van der Waals surface area contributed by atoms with Crippen molar-refractivity contribution in [2.45, 2.75) is 107 Å². The molecule has 9 atom stereocenters. The van der Waals surface area contributed by atoms with Crippen molar-refractivity contribution in [2.75, 3.05) is 119 Å². The number of rotatable bonds is 33. The van der Waals surface area contributed by atoms with E-state index in [0.717, 1.165) is 31.1 Å². The van der Waals surface area contributed by atoms with Gasteiger partial charge in [-0.1, -0.05) is 44.6 Å². The van der Waals surface area contributed by atoms with Crippen molar-refractivity contribution in [1.82, 2.24) is 31.9 Å². The molecule has 2 saturated heterocycles. The van der Waals surface area contributed by atoms with Gasteiger partial charge in [-0.2, -0.15) is 11.8 Å². The molecule has 24 nitrogen and oxygen atoms in total. The Kier molecular flexibility index (Phi) is 31.6. The van der Waals surface area contributed by atoms with E-state index in [9.17, 15) is 38.7 Å². The number of aliphatic hydroxyl groups excluding tert-OH is 1. The van der Waals surface area contributed by atoms with Crippen LogP contribution in [-0.4, -0.2) is 207 Å². The third kappa shape index (κ3) is 25.0. The van der Waals surface area contributed by atoms with Crippen LogP contribution in [0.4, 0.5) is 9.59 Å². The van der Waals surface area contributed by atoms with Gasteiger partial charge in [-0.3, -0.25) is 24.0 Å². The topological polar surface area (TPSA) is 321 Å². The molecule has 0 aromatic carbocycles. The second-order valence-electron chi connectivity index (χ2n) is 19.4. The number of ketones is 2. The zero-order valence-corrected chi connectivity index (χ0v) is 47.2. The minimum atomic E-state index is -1.03. The zero-order valence-electron chi connectivity index (χ0n) is 46.4. The Balaban J connectivity index is 1.02. The summed E-state index contributed by atoms with van der Waals surface area (Å²) in [6.07, 6.45) is 8.12. The first-order valence-corrected chi connectivity index (χ1v) is 28.2. The Morgan fingerprint density at radius 3 is 1.97 bits per heavy atom. The lowest BCUT2D eigenvalue weighted by atomic mass is 9.85. The standard InChI is InChI=1S/C54H85N7O17S/c1-35-31-38-48(41(62)33-39(51(38)66)59-52(67)37(3)9-8-10-42(70-4)43(78-53(55)68)14-13-36(2)50(65)44(32-35)71-5)58-18-22-75-25-24-73-21-17-57-47(64)15-19-72-23-27-76-29-30-77-28-26-74-20-16-56-46(63)12-7-6-11-45-49-40(34-79-45)60-54(69)61-49/h8-10,13-14,33,35-36,40,42-45,49-50,58,65H,6-7,11-12,15-32,34H2,1-5H3,(H2,55,68)(H,56,63)(H,57,64)(H,59,67)(H2,60,61,69). The first kappa shape index (κ1) is 66.3. The molecule has 444 valence electrons. The van der Waals surface area contributed by atoms with E-state index in [-0.39, 0.29) is 111 Å². The Bertz CT molecular complexity index is 2120. The van der Waals surface area contributed by atoms with Gasteiger partial charge < -0.3 is 85.4 Å². The number of thioether (sulfide) groups is 1. The van der Waals surface area contributed by atoms with Gasteiger partial charge in [0.05, 0.1) is 115 Å². The molecule has 0 aromatic rings. The first-order valence-electron chi connectivity index (χ1n) is 27.1. The van der Waals surface area contributed by atoms with Crippen molar-refractivity contribution in [2.24, 2.45) is 17.6 Å². The first-order chi connectivity index (χ1) is 38.1. The van der Waals surface area contributed by atoms with Crippen molar-refractivity contribution in [3.63, 3.8) is 0 Å². The number of urea groups is 1. The van der Waals surface area contributed by atoms with Gasteiger partial charge in [-0.05, 0) is 44.6 Å². The number of carbonyl (C=O) groups is 7. The lowest BCUT2D eigenvalue weighted by Gasteiger charge is -2.29. The summed E-state index contributed by atoms with van der Waals surface area (Å²) < 4.78 is 49.8. The number of nitrogens with two attached hydrogens (primary N) is 1. The fourth-order valence-electron chi connectivity index (χ4n) is 8.87. The molecule has 0 aromatic heterocycles. The van der Waals surface area contributed by atoms with Crippen LogP contribution in [0.5, 0.6) is 0 Å². The van der Waals surface area contributed by atoms with Gasteiger partial charge in [0, 0.05) is 80.8 Å². The molecular formula is C54H85N7O17S. The molecule has 4 rings (SSSR count). The highest BCUT2D eigenvalue weighted by molar-refractivity contribution is 8.00. The number of primary amides is 1. The number of allylic oxidation sites excluding steroid dienone is 4. The van der Waals surface area contributed by atoms with Gasteiger partial charge in [0.25, 0.3) is 5.91 Å². The van der Waals surface area contributed by atoms with Crippen molar-refractivity contribution in [3.05, 3.63) is 59.0 Å². The molecule has 79 heavy (non-hydrogen) atoms. The Morgan fingerprint density at radius 1 is 0.747 bits per heavy atom. The number of hydrogen-bond donors (Lipinski definition) is 8. The molecule has 25 heteroatoms. The van der Waals surface area contributed by atoms with Crippen LogP contribution >= 0.6 is 11.8 Å². The number of amides is 6. The van der Waals surface area contributed by atoms with E-state index in [0.29, 0.717) is 77.4 Å². The van der Waals surface area contributed by atoms with E-state index in [1.807, 2.05) is 18.7 Å². The van der Waals surface area contributed by atoms with Crippen molar-refractivity contribution < 1.29 is 81.3 Å². The molecule has 9 N–H and O–H groups in total. The van der Waals surface area contributed by atoms with E-state index in [1.165, 1.54) is 33.3 Å². The lowest BCUT2D eigenvalue weighted by Crippen LogP contribution is -2.38. The predicted molar refractivity (Wildman–Crippen MR) is 292 cm³/mol. The Morgan fingerprint density at radius 2 is 1.35 bits per heavy atom. The number of methoxy groups -OCH3 is 2. The van der Waals surface area contributed by atoms with Crippen LogP contribution in [0.2, 0.25) is 0 Å². The summed E-state index contributed by atoms with van der Waals surface area (Å²) in [5, 5.41) is 29.0. The minimum absolute atomic E-state index is 0.00842. The average molecular weight is 1140 g/mol. The molecule has 4 aliphatic rings. The molecule has 0 radical (unpaired) electrons. The maximum absolute atomic E-state index is 14.0. The van der Waals surface area contributed by atoms with E-state index in [1.54, 1.807) is 25.2 Å². The number of fused-ring (bicyclic) bond motifs is 3. The van der Waals surface area contributed by atoms with Crippen LogP contribution in [0.25, 0.3) is 0 Å². The molecule has 3 heterocycles. The molecular weight excluding hydrogens is 1050 g/mol. The Hall–Kier alpha value is -5.22. The van der Waals surface area contributed by atoms with Crippen LogP contribution in [-0.2, 0) is 66.6 Å². The van der Waals surface area contributed by atoms with Crippen molar-refractivity contribution in [1.29, 1.82) is 0 Å². The molecule has 1 aliphatic carbocycles. The number of carbonyl (C=O) groups excluding carboxylic acids is 7. The number of ether oxygens (including phenoxy) is 9. The molecule has 0 spiro atoms. The van der Waals surface area contributed by atoms with Crippen LogP contribution in [0, 0.1) is 11.8 Å². The predicted octanol–water partition coefficient (Wildman–Crippen LogP) is 1.41. The lowest BCUT2D eigenvalue weighted by molar-refractivity contribution is -0.123. The molecule has 6 amide bonds. The van der Waals surface area contributed by atoms with Gasteiger partial charge in [0.2, 0.25) is 23.4 Å². The third-order valence-corrected chi connectivity index (χ3v) is 14.7. The summed E-state index contributed by atoms with van der Waals surface area (Å²) in [6, 6.07) is 0.329. The zero-order chi connectivity index (χ0) is 57.4. The molecule has 2 fully saturated rings. The molecule has 3 aliphatic heterocycles. The van der Waals surface area contributed by atoms with Crippen LogP contribution in [0.15, 0.2) is 59.0 Å². The second kappa shape index (κ2) is 37.7. The fraction of sp³-hybridized carbons (Fsp3) is 0.685. The van der Waals surface area contributed by atoms with E-state index in [4.69, 9.17) is 48.4 Å². The smallest absolute Gasteiger partial charge is 0.405 e. The second-order valence-corrected chi connectivity index (χ2v) is 20.6. The molecule has 0 saturated carbocycles. The number of nitrogens with one attached hydrogen (secondary N) is 6. The average Bonchev–Trinajstić information content (AvgIpc) is 4.09. The van der Waals surface area contributed by atoms with Gasteiger partial charge >= 0.3 is 12.1 Å². The summed E-state index contributed by atoms with van der Waals surface area (Å²) >= 11 is 1.88. The van der Waals surface area contributed by atoms with Crippen LogP contribution in [0.1, 0.15) is 65.7 Å². The monoisotopic (exact) mass is 1140 g/mol. The quantitative estimate of drug-likeness (QED) is 0.0199. The number of hydrogen-bond acceptors (Lipinski definition) is 19. The molecule has 2 bridgehead atoms. The fourth-order valence-corrected chi connectivity index (χ4v) is 10.4. The normalized spacial score (nSPS) is 24.8. The maximum atomic E-state index is 14.0. The minimum Gasteiger partial charge on any atom is -0.439 e. The number of Topliss-reactive ketones (excluding diaryl/α,β-unsaturated/α-hetero) is 1. The van der Waals surface area contributed by atoms with Gasteiger partial charge in [-0.15, -0.1) is 0 Å². The summed E-state index contributed by atoms with van der Waals surface area (Å²) in [5.74, 6) is -1.69. The van der Waals surface area contributed by atoms with E-state index >= 15 is 0 Å². The largest absolute Gasteiger partial charge is 0.439 e. The summed E-state index contributed by atoms with van der Waals surface area (Å²) in [7, 11) is 2.87. The SMILES string of the molecule is COC1C=CC=C(C)C(=O)NC2=CC(=O)C(NCCOCCOCCNC(=O)CCOCCOCCOCCOCCNC(=O)CCCCC3SCC4NC(=O)NC43)=C(CC(C)CC(OC)C(O)C(C)C=CC1OC(N)=O)C2=O. The highest BCUT2D eigenvalue weighted by atomic mass is 32.2. The number of aliphatic hydroxyl groups is 1. The highest BCUT2D eigenvalue weighted by Gasteiger charge is 2.42. The van der Waals surface area contributed by atoms with E-state index < -0.39 is 53.9 Å². The summed E-state index contributed by atoms with van der Waals surface area (Å²) in [4.78, 5) is 88.4. The van der Waals surface area contributed by atoms with Crippen molar-refractivity contribution in [3.8, 4) is 0 Å². The maximum Gasteiger partial charge on any atom is 0.405 e.